The van der Waals surface area contributed by atoms with Crippen molar-refractivity contribution in [1.82, 2.24) is 0 Å². The lowest BCUT2D eigenvalue weighted by Crippen LogP contribution is -2.48. The summed E-state index contributed by atoms with van der Waals surface area (Å²) in [7, 11) is 0. The number of nitro benzene ring substituents is 1. The van der Waals surface area contributed by atoms with Crippen LogP contribution in [0.4, 0.5) is 11.4 Å². The highest BCUT2D eigenvalue weighted by Gasteiger charge is 2.71. The lowest BCUT2D eigenvalue weighted by Gasteiger charge is -2.37. The molecule has 1 fully saturated rings. The van der Waals surface area contributed by atoms with Gasteiger partial charge in [-0.2, -0.15) is 0 Å². The molecule has 9 nitrogen and oxygen atoms in total. The lowest BCUT2D eigenvalue weighted by atomic mass is 9.64. The molecule has 4 aromatic carbocycles. The number of ketones is 3. The van der Waals surface area contributed by atoms with Crippen molar-refractivity contribution in [3.63, 3.8) is 0 Å². The van der Waals surface area contributed by atoms with Crippen molar-refractivity contribution >= 4 is 40.8 Å². The first-order valence-electron chi connectivity index (χ1n) is 14.1. The molecule has 1 aliphatic carbocycles. The minimum absolute atomic E-state index is 0.167. The van der Waals surface area contributed by atoms with E-state index >= 15 is 0 Å². The van der Waals surface area contributed by atoms with Gasteiger partial charge in [0.05, 0.1) is 16.7 Å². The molecule has 9 heteroatoms. The maximum absolute atomic E-state index is 14.8. The summed E-state index contributed by atoms with van der Waals surface area (Å²) >= 11 is 0. The van der Waals surface area contributed by atoms with Gasteiger partial charge in [0.15, 0.2) is 23.1 Å². The summed E-state index contributed by atoms with van der Waals surface area (Å²) in [5.41, 5.74) is 0.00890. The van der Waals surface area contributed by atoms with Crippen LogP contribution in [0.5, 0.6) is 5.75 Å². The number of nitro groups is 1. The van der Waals surface area contributed by atoms with Crippen LogP contribution in [-0.4, -0.2) is 40.3 Å². The van der Waals surface area contributed by atoms with E-state index in [0.717, 1.165) is 0 Å². The summed E-state index contributed by atoms with van der Waals surface area (Å²) in [6.07, 6.45) is 3.50. The number of anilines is 1. The number of non-ortho nitro benzene ring substituents is 1. The summed E-state index contributed by atoms with van der Waals surface area (Å²) < 4.78 is 5.63. The molecule has 3 aliphatic rings. The van der Waals surface area contributed by atoms with Crippen molar-refractivity contribution in [2.24, 2.45) is 5.41 Å². The molecule has 3 atom stereocenters. The fourth-order valence-electron chi connectivity index (χ4n) is 7.20. The second kappa shape index (κ2) is 9.95. The van der Waals surface area contributed by atoms with E-state index in [2.05, 4.69) is 0 Å². The molecular formula is C35H24N2O7. The van der Waals surface area contributed by atoms with Crippen LogP contribution >= 0.6 is 0 Å². The number of nitrogens with zero attached hydrogens (tertiary/aromatic N) is 2. The Morgan fingerprint density at radius 2 is 1.52 bits per heavy atom. The number of carbonyl (C=O) groups is 4. The number of Topliss-reactive ketones (excluding diaryl/α,β-unsaturated/α-hetero) is 3. The van der Waals surface area contributed by atoms with E-state index < -0.39 is 45.9 Å². The monoisotopic (exact) mass is 584 g/mol. The van der Waals surface area contributed by atoms with Crippen molar-refractivity contribution < 1.29 is 28.8 Å². The minimum atomic E-state index is -1.86. The predicted molar refractivity (Wildman–Crippen MR) is 161 cm³/mol. The zero-order valence-electron chi connectivity index (χ0n) is 23.4. The SMILES string of the molecule is CC(=O)Oc1cccc2c1N1[C@H](C(=O)c3ccccc3)[C@@H](c3cccc([N+](=O)[O-])c3)C3(C(=O)c4ccccc4C3=O)[C@H]1C=C2. The van der Waals surface area contributed by atoms with Crippen LogP contribution in [0, 0.1) is 15.5 Å². The number of carbonyl (C=O) groups excluding carboxylic acids is 4. The molecule has 0 amide bonds. The molecule has 2 heterocycles. The Labute approximate surface area is 251 Å². The maximum Gasteiger partial charge on any atom is 0.308 e. The Bertz CT molecular complexity index is 1910. The zero-order valence-corrected chi connectivity index (χ0v) is 23.4. The number of esters is 1. The fraction of sp³-hybridized carbons (Fsp3) is 0.143. The average Bonchev–Trinajstić information content (AvgIpc) is 3.47. The number of ether oxygens (including phenoxy) is 1. The summed E-state index contributed by atoms with van der Waals surface area (Å²) in [5, 5.41) is 11.9. The Morgan fingerprint density at radius 3 is 2.18 bits per heavy atom. The van der Waals surface area contributed by atoms with Gasteiger partial charge in [0.1, 0.15) is 11.5 Å². The number of fused-ring (bicyclic) bond motifs is 5. The van der Waals surface area contributed by atoms with Crippen molar-refractivity contribution in [1.29, 1.82) is 0 Å². The molecule has 1 spiro atoms. The molecular weight excluding hydrogens is 560 g/mol. The predicted octanol–water partition coefficient (Wildman–Crippen LogP) is 5.84. The van der Waals surface area contributed by atoms with Crippen LogP contribution in [0.15, 0.2) is 103 Å². The third-order valence-corrected chi connectivity index (χ3v) is 8.81. The number of para-hydroxylation sites is 1. The first-order valence-corrected chi connectivity index (χ1v) is 14.1. The normalized spacial score (nSPS) is 20.7. The van der Waals surface area contributed by atoms with E-state index in [-0.39, 0.29) is 28.3 Å². The van der Waals surface area contributed by atoms with Gasteiger partial charge < -0.3 is 9.64 Å². The molecule has 7 rings (SSSR count). The van der Waals surface area contributed by atoms with Crippen molar-refractivity contribution in [2.75, 3.05) is 4.90 Å². The van der Waals surface area contributed by atoms with E-state index in [1.54, 1.807) is 95.9 Å². The second-order valence-corrected chi connectivity index (χ2v) is 11.1. The molecule has 0 radical (unpaired) electrons. The fourth-order valence-corrected chi connectivity index (χ4v) is 7.20. The maximum atomic E-state index is 14.8. The first-order chi connectivity index (χ1) is 21.2. The first kappa shape index (κ1) is 27.2. The average molecular weight is 585 g/mol. The zero-order chi connectivity index (χ0) is 30.7. The van der Waals surface area contributed by atoms with Gasteiger partial charge in [0, 0.05) is 47.2 Å². The van der Waals surface area contributed by atoms with Gasteiger partial charge in [-0.05, 0) is 11.6 Å². The quantitative estimate of drug-likeness (QED) is 0.0716. The highest BCUT2D eigenvalue weighted by Crippen LogP contribution is 2.62. The molecule has 44 heavy (non-hydrogen) atoms. The van der Waals surface area contributed by atoms with Gasteiger partial charge >= 0.3 is 5.97 Å². The number of benzene rings is 4. The van der Waals surface area contributed by atoms with Crippen LogP contribution in [0.3, 0.4) is 0 Å². The van der Waals surface area contributed by atoms with Crippen molar-refractivity contribution in [3.8, 4) is 5.75 Å². The van der Waals surface area contributed by atoms with E-state index in [0.29, 0.717) is 22.4 Å². The van der Waals surface area contributed by atoms with E-state index in [1.165, 1.54) is 25.1 Å². The third kappa shape index (κ3) is 3.72. The van der Waals surface area contributed by atoms with E-state index in [1.807, 2.05) is 0 Å². The standard InChI is InChI=1S/C35H24N2O7/c1-20(38)44-27-16-8-11-21-17-18-28-35(33(40)25-14-5-6-15-26(25)34(35)41)29(23-12-7-13-24(19-23)37(42)43)31(36(28)30(21)27)32(39)22-9-3-2-4-10-22/h2-19,28-29,31H,1H3/t28-,29-,31+/m1/s1. The van der Waals surface area contributed by atoms with Gasteiger partial charge in [-0.3, -0.25) is 29.3 Å². The number of hydrogen-bond donors (Lipinski definition) is 0. The second-order valence-electron chi connectivity index (χ2n) is 11.1. The molecule has 0 unspecified atom stereocenters. The van der Waals surface area contributed by atoms with Gasteiger partial charge in [0.2, 0.25) is 0 Å². The Kier molecular flexibility index (Phi) is 6.14. The van der Waals surface area contributed by atoms with Crippen LogP contribution < -0.4 is 9.64 Å². The lowest BCUT2D eigenvalue weighted by molar-refractivity contribution is -0.384. The van der Waals surface area contributed by atoms with Crippen LogP contribution in [-0.2, 0) is 4.79 Å². The summed E-state index contributed by atoms with van der Waals surface area (Å²) in [6.45, 7) is 1.26. The smallest absolute Gasteiger partial charge is 0.308 e. The largest absolute Gasteiger partial charge is 0.424 e. The number of rotatable bonds is 5. The third-order valence-electron chi connectivity index (χ3n) is 8.81. The highest BCUT2D eigenvalue weighted by molar-refractivity contribution is 6.32. The summed E-state index contributed by atoms with van der Waals surface area (Å²) in [5.74, 6) is -2.88. The van der Waals surface area contributed by atoms with E-state index in [9.17, 15) is 29.3 Å². The molecule has 216 valence electrons. The van der Waals surface area contributed by atoms with Gasteiger partial charge in [-0.25, -0.2) is 0 Å². The van der Waals surface area contributed by atoms with Gasteiger partial charge in [0.25, 0.3) is 5.69 Å². The molecule has 0 aromatic heterocycles. The van der Waals surface area contributed by atoms with Crippen LogP contribution in [0.1, 0.15) is 55.0 Å². The minimum Gasteiger partial charge on any atom is -0.424 e. The van der Waals surface area contributed by atoms with Gasteiger partial charge in [-0.1, -0.05) is 91.0 Å². The summed E-state index contributed by atoms with van der Waals surface area (Å²) in [6, 6.07) is 23.7. The highest BCUT2D eigenvalue weighted by atomic mass is 16.6. The molecule has 4 aromatic rings. The molecule has 2 aliphatic heterocycles. The topological polar surface area (TPSA) is 124 Å². The van der Waals surface area contributed by atoms with Crippen molar-refractivity contribution in [3.05, 3.63) is 141 Å². The Balaban J connectivity index is 1.58. The van der Waals surface area contributed by atoms with Crippen molar-refractivity contribution in [2.45, 2.75) is 24.9 Å². The number of hydrogen-bond acceptors (Lipinski definition) is 8. The Hall–Kier alpha value is -5.70. The summed E-state index contributed by atoms with van der Waals surface area (Å²) in [4.78, 5) is 69.6. The Morgan fingerprint density at radius 1 is 0.864 bits per heavy atom. The van der Waals surface area contributed by atoms with Crippen LogP contribution in [0.2, 0.25) is 0 Å². The van der Waals surface area contributed by atoms with Gasteiger partial charge in [-0.15, -0.1) is 0 Å². The molecule has 0 N–H and O–H groups in total. The molecule has 0 bridgehead atoms. The molecule has 0 saturated carbocycles. The van der Waals surface area contributed by atoms with Crippen LogP contribution in [0.25, 0.3) is 6.08 Å². The van der Waals surface area contributed by atoms with E-state index in [4.69, 9.17) is 4.74 Å². The molecule has 1 saturated heterocycles.